The van der Waals surface area contributed by atoms with Crippen LogP contribution in [0.1, 0.15) is 45.1 Å². The average molecular weight is 232 g/mol. The first-order valence-electron chi connectivity index (χ1n) is 6.85. The second kappa shape index (κ2) is 5.22. The van der Waals surface area contributed by atoms with Crippen LogP contribution in [-0.4, -0.2) is 10.7 Å². The first-order chi connectivity index (χ1) is 8.09. The van der Waals surface area contributed by atoms with Crippen molar-refractivity contribution in [2.75, 3.05) is 0 Å². The van der Waals surface area contributed by atoms with Gasteiger partial charge in [0.15, 0.2) is 0 Å². The predicted octanol–water partition coefficient (Wildman–Crippen LogP) is 3.81. The topological polar surface area (TPSA) is 20.2 Å². The molecule has 0 radical (unpaired) electrons. The summed E-state index contributed by atoms with van der Waals surface area (Å²) >= 11 is 0. The summed E-state index contributed by atoms with van der Waals surface area (Å²) in [6.45, 7) is 4.52. The molecule has 1 aromatic carbocycles. The van der Waals surface area contributed by atoms with Crippen LogP contribution in [-0.2, 0) is 6.42 Å². The Bertz CT molecular complexity index is 336. The van der Waals surface area contributed by atoms with E-state index >= 15 is 0 Å². The van der Waals surface area contributed by atoms with Crippen LogP contribution in [0.5, 0.6) is 0 Å². The van der Waals surface area contributed by atoms with Crippen LogP contribution >= 0.6 is 0 Å². The largest absolute Gasteiger partial charge is 0.390 e. The minimum absolute atomic E-state index is 0.344. The van der Waals surface area contributed by atoms with Crippen LogP contribution in [0.3, 0.4) is 0 Å². The Morgan fingerprint density at radius 1 is 1.24 bits per heavy atom. The van der Waals surface area contributed by atoms with E-state index in [2.05, 4.69) is 44.2 Å². The molecule has 1 nitrogen and oxygen atoms in total. The van der Waals surface area contributed by atoms with Gasteiger partial charge in [-0.25, -0.2) is 0 Å². The normalized spacial score (nSPS) is 28.1. The van der Waals surface area contributed by atoms with Gasteiger partial charge in [-0.2, -0.15) is 0 Å². The van der Waals surface area contributed by atoms with Crippen LogP contribution in [0.25, 0.3) is 0 Å². The number of rotatable bonds is 5. The van der Waals surface area contributed by atoms with E-state index < -0.39 is 0 Å². The lowest BCUT2D eigenvalue weighted by atomic mass is 9.64. The lowest BCUT2D eigenvalue weighted by Gasteiger charge is -2.46. The zero-order chi connectivity index (χ0) is 12.3. The molecular formula is C16H24O. The van der Waals surface area contributed by atoms with Crippen LogP contribution < -0.4 is 0 Å². The molecule has 0 amide bonds. The Balaban J connectivity index is 1.70. The molecule has 0 spiro atoms. The quantitative estimate of drug-likeness (QED) is 0.818. The molecule has 1 heteroatoms. The van der Waals surface area contributed by atoms with E-state index in [1.807, 2.05) is 0 Å². The molecule has 0 heterocycles. The molecule has 1 N–H and O–H groups in total. The molecular weight excluding hydrogens is 208 g/mol. The number of benzene rings is 1. The molecule has 94 valence electrons. The molecule has 1 fully saturated rings. The van der Waals surface area contributed by atoms with Crippen molar-refractivity contribution in [2.45, 2.75) is 51.6 Å². The number of aliphatic hydroxyl groups is 1. The fraction of sp³-hybridized carbons (Fsp3) is 0.625. The Morgan fingerprint density at radius 2 is 1.88 bits per heavy atom. The average Bonchev–Trinajstić information content (AvgIpc) is 2.27. The summed E-state index contributed by atoms with van der Waals surface area (Å²) in [5.41, 5.74) is 1.04. The van der Waals surface area contributed by atoms with Gasteiger partial charge in [0.25, 0.3) is 0 Å². The first-order valence-corrected chi connectivity index (χ1v) is 6.85. The van der Waals surface area contributed by atoms with Crippen LogP contribution in [0, 0.1) is 11.8 Å². The summed E-state index contributed by atoms with van der Waals surface area (Å²) < 4.78 is 0. The van der Waals surface area contributed by atoms with Crippen LogP contribution in [0.2, 0.25) is 0 Å². The Hall–Kier alpha value is -0.820. The van der Waals surface area contributed by atoms with Crippen molar-refractivity contribution >= 4 is 0 Å². The molecule has 1 aliphatic carbocycles. The van der Waals surface area contributed by atoms with Gasteiger partial charge in [0.05, 0.1) is 5.60 Å². The lowest BCUT2D eigenvalue weighted by molar-refractivity contribution is -0.0933. The molecule has 0 saturated heterocycles. The summed E-state index contributed by atoms with van der Waals surface area (Å²) in [6.07, 6.45) is 5.19. The molecule has 0 atom stereocenters. The van der Waals surface area contributed by atoms with Gasteiger partial charge < -0.3 is 5.11 Å². The van der Waals surface area contributed by atoms with Crippen molar-refractivity contribution in [3.63, 3.8) is 0 Å². The minimum atomic E-state index is -0.344. The molecule has 17 heavy (non-hydrogen) atoms. The highest BCUT2D eigenvalue weighted by atomic mass is 16.3. The lowest BCUT2D eigenvalue weighted by Crippen LogP contribution is -2.45. The van der Waals surface area contributed by atoms with Gasteiger partial charge in [-0.05, 0) is 49.5 Å². The van der Waals surface area contributed by atoms with E-state index in [4.69, 9.17) is 0 Å². The minimum Gasteiger partial charge on any atom is -0.390 e. The van der Waals surface area contributed by atoms with E-state index in [1.54, 1.807) is 0 Å². The zero-order valence-corrected chi connectivity index (χ0v) is 11.0. The zero-order valence-electron chi connectivity index (χ0n) is 11.0. The highest BCUT2D eigenvalue weighted by Gasteiger charge is 2.42. The van der Waals surface area contributed by atoms with E-state index in [0.717, 1.165) is 43.9 Å². The third-order valence-electron chi connectivity index (χ3n) is 4.18. The van der Waals surface area contributed by atoms with Crippen molar-refractivity contribution in [1.82, 2.24) is 0 Å². The van der Waals surface area contributed by atoms with Crippen molar-refractivity contribution in [3.8, 4) is 0 Å². The van der Waals surface area contributed by atoms with Crippen molar-refractivity contribution in [2.24, 2.45) is 11.8 Å². The monoisotopic (exact) mass is 232 g/mol. The standard InChI is InChI=1S/C16H24O/c1-13(2)15-11-16(17,12-15)10-6-9-14-7-4-3-5-8-14/h3-5,7-8,13,15,17H,6,9-12H2,1-2H3. The van der Waals surface area contributed by atoms with Crippen LogP contribution in [0.4, 0.5) is 0 Å². The molecule has 2 rings (SSSR count). The molecule has 0 unspecified atom stereocenters. The molecule has 0 aromatic heterocycles. The molecule has 0 aliphatic heterocycles. The molecule has 1 saturated carbocycles. The summed E-state index contributed by atoms with van der Waals surface area (Å²) in [4.78, 5) is 0. The number of hydrogen-bond acceptors (Lipinski definition) is 1. The number of aryl methyl sites for hydroxylation is 1. The van der Waals surface area contributed by atoms with Gasteiger partial charge in [-0.3, -0.25) is 0 Å². The third kappa shape index (κ3) is 3.32. The summed E-state index contributed by atoms with van der Waals surface area (Å²) in [7, 11) is 0. The van der Waals surface area contributed by atoms with Crippen LogP contribution in [0.15, 0.2) is 30.3 Å². The van der Waals surface area contributed by atoms with Gasteiger partial charge in [0.2, 0.25) is 0 Å². The molecule has 0 bridgehead atoms. The highest BCUT2D eigenvalue weighted by molar-refractivity contribution is 5.14. The van der Waals surface area contributed by atoms with E-state index in [-0.39, 0.29) is 5.60 Å². The Kier molecular flexibility index (Phi) is 3.88. The van der Waals surface area contributed by atoms with Gasteiger partial charge in [0.1, 0.15) is 0 Å². The Morgan fingerprint density at radius 3 is 2.47 bits per heavy atom. The van der Waals surface area contributed by atoms with E-state index in [0.29, 0.717) is 0 Å². The smallest absolute Gasteiger partial charge is 0.0653 e. The summed E-state index contributed by atoms with van der Waals surface area (Å²) in [5, 5.41) is 10.3. The van der Waals surface area contributed by atoms with Crippen molar-refractivity contribution in [3.05, 3.63) is 35.9 Å². The summed E-state index contributed by atoms with van der Waals surface area (Å²) in [6, 6.07) is 10.6. The SMILES string of the molecule is CC(C)C1CC(O)(CCCc2ccccc2)C1. The maximum Gasteiger partial charge on any atom is 0.0653 e. The van der Waals surface area contributed by atoms with Gasteiger partial charge in [-0.15, -0.1) is 0 Å². The van der Waals surface area contributed by atoms with Gasteiger partial charge in [0, 0.05) is 0 Å². The second-order valence-electron chi connectivity index (χ2n) is 5.98. The van der Waals surface area contributed by atoms with Crippen molar-refractivity contribution < 1.29 is 5.11 Å². The van der Waals surface area contributed by atoms with Gasteiger partial charge in [-0.1, -0.05) is 44.2 Å². The Labute approximate surface area is 105 Å². The third-order valence-corrected chi connectivity index (χ3v) is 4.18. The van der Waals surface area contributed by atoms with Gasteiger partial charge >= 0.3 is 0 Å². The van der Waals surface area contributed by atoms with E-state index in [9.17, 15) is 5.11 Å². The number of hydrogen-bond donors (Lipinski definition) is 1. The highest BCUT2D eigenvalue weighted by Crippen LogP contribution is 2.44. The van der Waals surface area contributed by atoms with E-state index in [1.165, 1.54) is 5.56 Å². The summed E-state index contributed by atoms with van der Waals surface area (Å²) in [5.74, 6) is 1.47. The fourth-order valence-corrected chi connectivity index (χ4v) is 2.86. The maximum absolute atomic E-state index is 10.3. The molecule has 1 aliphatic rings. The van der Waals surface area contributed by atoms with Crippen molar-refractivity contribution in [1.29, 1.82) is 0 Å². The molecule has 1 aromatic rings. The fourth-order valence-electron chi connectivity index (χ4n) is 2.86. The maximum atomic E-state index is 10.3. The first kappa shape index (κ1) is 12.6. The predicted molar refractivity (Wildman–Crippen MR) is 71.9 cm³/mol. The second-order valence-corrected chi connectivity index (χ2v) is 5.98.